The van der Waals surface area contributed by atoms with Gasteiger partial charge in [0.25, 0.3) is 5.91 Å². The number of rotatable bonds is 8. The maximum atomic E-state index is 12.9. The third kappa shape index (κ3) is 4.93. The molecule has 1 saturated heterocycles. The van der Waals surface area contributed by atoms with E-state index in [0.717, 1.165) is 75.0 Å². The van der Waals surface area contributed by atoms with Crippen molar-refractivity contribution in [2.45, 2.75) is 25.8 Å². The Hall–Kier alpha value is -3.59. The van der Waals surface area contributed by atoms with Gasteiger partial charge in [-0.1, -0.05) is 55.0 Å². The summed E-state index contributed by atoms with van der Waals surface area (Å²) >= 11 is 0. The molecule has 33 heavy (non-hydrogen) atoms. The van der Waals surface area contributed by atoms with Crippen LogP contribution in [0.3, 0.4) is 0 Å². The molecule has 9 nitrogen and oxygen atoms in total. The Morgan fingerprint density at radius 2 is 1.64 bits per heavy atom. The van der Waals surface area contributed by atoms with Crippen LogP contribution < -0.4 is 0 Å². The molecule has 1 aliphatic heterocycles. The molecule has 170 valence electrons. The number of carbonyl (C=O) groups excluding carboxylic acids is 1. The molecule has 1 amide bonds. The molecule has 2 aromatic carbocycles. The Bertz CT molecular complexity index is 1190. The third-order valence-corrected chi connectivity index (χ3v) is 6.15. The highest BCUT2D eigenvalue weighted by molar-refractivity contribution is 6.04. The van der Waals surface area contributed by atoms with Gasteiger partial charge in [0.2, 0.25) is 5.82 Å². The van der Waals surface area contributed by atoms with Crippen molar-refractivity contribution in [1.29, 1.82) is 0 Å². The zero-order chi connectivity index (χ0) is 22.5. The number of piperazine rings is 1. The minimum atomic E-state index is 0.0160. The SMILES string of the molecule is O=C(c1n[nH]c2ccccc12)N1CCN(CCCCCn2nnc(-c3ccccc3)n2)CC1. The van der Waals surface area contributed by atoms with Gasteiger partial charge in [0, 0.05) is 37.1 Å². The summed E-state index contributed by atoms with van der Waals surface area (Å²) in [5, 5.41) is 20.9. The second-order valence-corrected chi connectivity index (χ2v) is 8.39. The molecule has 0 aliphatic carbocycles. The Labute approximate surface area is 192 Å². The van der Waals surface area contributed by atoms with E-state index in [2.05, 4.69) is 30.5 Å². The molecule has 1 fully saturated rings. The lowest BCUT2D eigenvalue weighted by Gasteiger charge is -2.34. The van der Waals surface area contributed by atoms with Crippen molar-refractivity contribution >= 4 is 16.8 Å². The number of tetrazole rings is 1. The maximum absolute atomic E-state index is 12.9. The monoisotopic (exact) mass is 444 g/mol. The second kappa shape index (κ2) is 9.91. The van der Waals surface area contributed by atoms with E-state index in [-0.39, 0.29) is 5.91 Å². The fourth-order valence-corrected chi connectivity index (χ4v) is 4.26. The smallest absolute Gasteiger partial charge is 0.275 e. The van der Waals surface area contributed by atoms with Gasteiger partial charge in [-0.05, 0) is 30.7 Å². The molecule has 1 aliphatic rings. The van der Waals surface area contributed by atoms with Crippen molar-refractivity contribution in [3.05, 3.63) is 60.3 Å². The van der Waals surface area contributed by atoms with Crippen LogP contribution in [0.4, 0.5) is 0 Å². The highest BCUT2D eigenvalue weighted by Crippen LogP contribution is 2.18. The Morgan fingerprint density at radius 1 is 0.879 bits per heavy atom. The van der Waals surface area contributed by atoms with E-state index in [1.54, 1.807) is 4.80 Å². The zero-order valence-electron chi connectivity index (χ0n) is 18.6. The predicted molar refractivity (Wildman–Crippen MR) is 126 cm³/mol. The summed E-state index contributed by atoms with van der Waals surface area (Å²) in [6.07, 6.45) is 3.26. The van der Waals surface area contributed by atoms with Crippen LogP contribution in [0.5, 0.6) is 0 Å². The van der Waals surface area contributed by atoms with Crippen molar-refractivity contribution in [1.82, 2.24) is 40.2 Å². The van der Waals surface area contributed by atoms with E-state index >= 15 is 0 Å². The number of carbonyl (C=O) groups is 1. The number of H-pyrrole nitrogens is 1. The summed E-state index contributed by atoms with van der Waals surface area (Å²) in [6, 6.07) is 17.7. The van der Waals surface area contributed by atoms with E-state index in [4.69, 9.17) is 0 Å². The van der Waals surface area contributed by atoms with Gasteiger partial charge in [0.15, 0.2) is 5.69 Å². The van der Waals surface area contributed by atoms with Gasteiger partial charge in [-0.3, -0.25) is 14.8 Å². The maximum Gasteiger partial charge on any atom is 0.275 e. The van der Waals surface area contributed by atoms with E-state index in [0.29, 0.717) is 11.5 Å². The number of nitrogens with zero attached hydrogens (tertiary/aromatic N) is 7. The normalized spacial score (nSPS) is 14.7. The van der Waals surface area contributed by atoms with Crippen LogP contribution in [0.15, 0.2) is 54.6 Å². The molecule has 0 atom stereocenters. The van der Waals surface area contributed by atoms with Crippen LogP contribution >= 0.6 is 0 Å². The summed E-state index contributed by atoms with van der Waals surface area (Å²) in [7, 11) is 0. The number of hydrogen-bond acceptors (Lipinski definition) is 6. The van der Waals surface area contributed by atoms with E-state index < -0.39 is 0 Å². The first-order chi connectivity index (χ1) is 16.3. The van der Waals surface area contributed by atoms with Gasteiger partial charge < -0.3 is 4.90 Å². The lowest BCUT2D eigenvalue weighted by Crippen LogP contribution is -2.49. The number of unbranched alkanes of at least 4 members (excludes halogenated alkanes) is 2. The molecule has 3 heterocycles. The van der Waals surface area contributed by atoms with Crippen LogP contribution in [0.25, 0.3) is 22.3 Å². The van der Waals surface area contributed by atoms with Crippen LogP contribution in [-0.4, -0.2) is 78.8 Å². The van der Waals surface area contributed by atoms with Crippen LogP contribution in [0.1, 0.15) is 29.8 Å². The van der Waals surface area contributed by atoms with E-state index in [9.17, 15) is 4.79 Å². The Balaban J connectivity index is 1.02. The molecule has 1 N–H and O–H groups in total. The van der Waals surface area contributed by atoms with Crippen molar-refractivity contribution in [2.75, 3.05) is 32.7 Å². The first-order valence-electron chi connectivity index (χ1n) is 11.6. The quantitative estimate of drug-likeness (QED) is 0.420. The lowest BCUT2D eigenvalue weighted by atomic mass is 10.1. The fraction of sp³-hybridized carbons (Fsp3) is 0.375. The summed E-state index contributed by atoms with van der Waals surface area (Å²) in [6.45, 7) is 5.11. The first kappa shape index (κ1) is 21.3. The molecule has 0 spiro atoms. The average molecular weight is 445 g/mol. The number of para-hydroxylation sites is 1. The summed E-state index contributed by atoms with van der Waals surface area (Å²) in [5.41, 5.74) is 2.41. The van der Waals surface area contributed by atoms with Crippen molar-refractivity contribution < 1.29 is 4.79 Å². The van der Waals surface area contributed by atoms with Crippen LogP contribution in [0, 0.1) is 0 Å². The second-order valence-electron chi connectivity index (χ2n) is 8.39. The lowest BCUT2D eigenvalue weighted by molar-refractivity contribution is 0.0631. The molecule has 5 rings (SSSR count). The van der Waals surface area contributed by atoms with Crippen molar-refractivity contribution in [3.8, 4) is 11.4 Å². The van der Waals surface area contributed by atoms with Gasteiger partial charge in [-0.15, -0.1) is 10.2 Å². The molecule has 4 aromatic rings. The highest BCUT2D eigenvalue weighted by atomic mass is 16.2. The number of aromatic nitrogens is 6. The number of fused-ring (bicyclic) bond motifs is 1. The number of hydrogen-bond donors (Lipinski definition) is 1. The number of amides is 1. The number of benzene rings is 2. The highest BCUT2D eigenvalue weighted by Gasteiger charge is 2.24. The minimum absolute atomic E-state index is 0.0160. The minimum Gasteiger partial charge on any atom is -0.335 e. The van der Waals surface area contributed by atoms with Crippen LogP contribution in [0.2, 0.25) is 0 Å². The Morgan fingerprint density at radius 3 is 2.48 bits per heavy atom. The van der Waals surface area contributed by atoms with Gasteiger partial charge >= 0.3 is 0 Å². The molecular formula is C24H28N8O. The standard InChI is InChI=1S/C24H28N8O/c33-24(22-20-11-5-6-12-21(20)25-26-22)31-17-15-30(16-18-31)13-7-2-8-14-32-28-23(27-29-32)19-9-3-1-4-10-19/h1,3-6,9-12H,2,7-8,13-18H2,(H,25,26). The Kier molecular flexibility index (Phi) is 6.39. The van der Waals surface area contributed by atoms with Crippen LogP contribution in [-0.2, 0) is 6.54 Å². The van der Waals surface area contributed by atoms with Gasteiger partial charge in [-0.2, -0.15) is 9.90 Å². The van der Waals surface area contributed by atoms with Crippen molar-refractivity contribution in [2.24, 2.45) is 0 Å². The van der Waals surface area contributed by atoms with E-state index in [1.165, 1.54) is 0 Å². The average Bonchev–Trinajstić information content (AvgIpc) is 3.52. The predicted octanol–water partition coefficient (Wildman–Crippen LogP) is 2.84. The number of aromatic amines is 1. The molecule has 0 saturated carbocycles. The molecule has 9 heteroatoms. The molecule has 0 bridgehead atoms. The largest absolute Gasteiger partial charge is 0.335 e. The summed E-state index contributed by atoms with van der Waals surface area (Å²) in [4.78, 5) is 19.0. The fourth-order valence-electron chi connectivity index (χ4n) is 4.26. The third-order valence-electron chi connectivity index (χ3n) is 6.15. The van der Waals surface area contributed by atoms with Gasteiger partial charge in [-0.25, -0.2) is 0 Å². The van der Waals surface area contributed by atoms with Gasteiger partial charge in [0.1, 0.15) is 0 Å². The number of aryl methyl sites for hydroxylation is 1. The number of nitrogens with one attached hydrogen (secondary N) is 1. The molecule has 0 unspecified atom stereocenters. The van der Waals surface area contributed by atoms with E-state index in [1.807, 2.05) is 59.5 Å². The summed E-state index contributed by atoms with van der Waals surface area (Å²) < 4.78 is 0. The van der Waals surface area contributed by atoms with Crippen molar-refractivity contribution in [3.63, 3.8) is 0 Å². The molecular weight excluding hydrogens is 416 g/mol. The first-order valence-corrected chi connectivity index (χ1v) is 11.6. The molecule has 0 radical (unpaired) electrons. The van der Waals surface area contributed by atoms with Gasteiger partial charge in [0.05, 0.1) is 12.1 Å². The zero-order valence-corrected chi connectivity index (χ0v) is 18.6. The topological polar surface area (TPSA) is 95.8 Å². The molecule has 2 aromatic heterocycles. The summed E-state index contributed by atoms with van der Waals surface area (Å²) in [5.74, 6) is 0.688.